The molecule has 3 heteroatoms. The molecular formula is C12H15NO2. The van der Waals surface area contributed by atoms with E-state index in [4.69, 9.17) is 9.47 Å². The van der Waals surface area contributed by atoms with Gasteiger partial charge < -0.3 is 14.0 Å². The lowest BCUT2D eigenvalue weighted by atomic mass is 10.2. The van der Waals surface area contributed by atoms with Crippen LogP contribution in [0.5, 0.6) is 5.75 Å². The molecule has 0 radical (unpaired) electrons. The van der Waals surface area contributed by atoms with Crippen LogP contribution in [0, 0.1) is 0 Å². The summed E-state index contributed by atoms with van der Waals surface area (Å²) in [6.45, 7) is 3.27. The number of hydrogen-bond acceptors (Lipinski definition) is 2. The molecule has 0 saturated heterocycles. The van der Waals surface area contributed by atoms with Crippen molar-refractivity contribution >= 4 is 10.9 Å². The summed E-state index contributed by atoms with van der Waals surface area (Å²) in [4.78, 5) is 0. The van der Waals surface area contributed by atoms with Crippen molar-refractivity contribution in [3.05, 3.63) is 30.5 Å². The third-order valence-corrected chi connectivity index (χ3v) is 2.32. The zero-order valence-electron chi connectivity index (χ0n) is 9.06. The van der Waals surface area contributed by atoms with Gasteiger partial charge in [0.1, 0.15) is 12.5 Å². The van der Waals surface area contributed by atoms with E-state index in [1.807, 2.05) is 25.3 Å². The highest BCUT2D eigenvalue weighted by Crippen LogP contribution is 2.21. The fraction of sp³-hybridized carbons (Fsp3) is 0.333. The van der Waals surface area contributed by atoms with Crippen LogP contribution < -0.4 is 4.74 Å². The van der Waals surface area contributed by atoms with Crippen LogP contribution in [0.25, 0.3) is 10.9 Å². The highest BCUT2D eigenvalue weighted by Gasteiger charge is 2.01. The van der Waals surface area contributed by atoms with Gasteiger partial charge in [-0.15, -0.1) is 0 Å². The van der Waals surface area contributed by atoms with Gasteiger partial charge in [-0.1, -0.05) is 0 Å². The largest absolute Gasteiger partial charge is 0.494 e. The van der Waals surface area contributed by atoms with Crippen LogP contribution in [0.3, 0.4) is 0 Å². The van der Waals surface area contributed by atoms with Gasteiger partial charge in [0.25, 0.3) is 0 Å². The molecule has 0 aliphatic carbocycles. The van der Waals surface area contributed by atoms with Gasteiger partial charge in [0, 0.05) is 18.7 Å². The highest BCUT2D eigenvalue weighted by atomic mass is 16.5. The van der Waals surface area contributed by atoms with Gasteiger partial charge in [-0.25, -0.2) is 0 Å². The van der Waals surface area contributed by atoms with Crippen LogP contribution in [-0.4, -0.2) is 18.3 Å². The summed E-state index contributed by atoms with van der Waals surface area (Å²) >= 11 is 0. The monoisotopic (exact) mass is 205 g/mol. The second kappa shape index (κ2) is 4.36. The predicted molar refractivity (Wildman–Crippen MR) is 60.1 cm³/mol. The Kier molecular flexibility index (Phi) is 2.92. The summed E-state index contributed by atoms with van der Waals surface area (Å²) in [5.74, 6) is 0.917. The number of ether oxygens (including phenoxy) is 2. The molecule has 1 heterocycles. The minimum Gasteiger partial charge on any atom is -0.494 e. The molecule has 2 rings (SSSR count). The Morgan fingerprint density at radius 3 is 2.87 bits per heavy atom. The molecule has 0 fully saturated rings. The van der Waals surface area contributed by atoms with E-state index in [0.29, 0.717) is 13.3 Å². The smallest absolute Gasteiger partial charge is 0.122 e. The molecule has 15 heavy (non-hydrogen) atoms. The van der Waals surface area contributed by atoms with E-state index < -0.39 is 0 Å². The molecule has 0 spiro atoms. The minimum atomic E-state index is 0.581. The lowest BCUT2D eigenvalue weighted by Gasteiger charge is -2.05. The second-order valence-electron chi connectivity index (χ2n) is 3.36. The summed E-state index contributed by atoms with van der Waals surface area (Å²) in [6, 6.07) is 8.15. The number of aromatic nitrogens is 1. The van der Waals surface area contributed by atoms with E-state index in [1.165, 1.54) is 10.9 Å². The Morgan fingerprint density at radius 2 is 2.13 bits per heavy atom. The van der Waals surface area contributed by atoms with E-state index in [1.54, 1.807) is 7.11 Å². The second-order valence-corrected chi connectivity index (χ2v) is 3.36. The fourth-order valence-corrected chi connectivity index (χ4v) is 1.69. The number of methoxy groups -OCH3 is 1. The van der Waals surface area contributed by atoms with Crippen molar-refractivity contribution in [2.75, 3.05) is 13.7 Å². The van der Waals surface area contributed by atoms with Gasteiger partial charge in [0.05, 0.1) is 12.1 Å². The maximum absolute atomic E-state index is 5.44. The van der Waals surface area contributed by atoms with E-state index in [2.05, 4.69) is 16.7 Å². The van der Waals surface area contributed by atoms with Gasteiger partial charge in [-0.3, -0.25) is 0 Å². The molecule has 2 aromatic rings. The van der Waals surface area contributed by atoms with Crippen molar-refractivity contribution in [2.24, 2.45) is 0 Å². The normalized spacial score (nSPS) is 10.8. The first-order chi connectivity index (χ1) is 7.35. The zero-order valence-corrected chi connectivity index (χ0v) is 9.06. The lowest BCUT2D eigenvalue weighted by Crippen LogP contribution is -1.97. The summed E-state index contributed by atoms with van der Waals surface area (Å²) in [7, 11) is 1.69. The molecule has 0 aliphatic heterocycles. The van der Waals surface area contributed by atoms with Crippen molar-refractivity contribution in [3.8, 4) is 5.75 Å². The van der Waals surface area contributed by atoms with Crippen molar-refractivity contribution in [1.29, 1.82) is 0 Å². The molecule has 1 aromatic heterocycles. The van der Waals surface area contributed by atoms with Crippen LogP contribution >= 0.6 is 0 Å². The minimum absolute atomic E-state index is 0.581. The zero-order chi connectivity index (χ0) is 10.7. The molecule has 3 nitrogen and oxygen atoms in total. The third-order valence-electron chi connectivity index (χ3n) is 2.32. The number of nitrogens with zero attached hydrogens (tertiary/aromatic N) is 1. The van der Waals surface area contributed by atoms with Crippen LogP contribution in [0.1, 0.15) is 6.92 Å². The van der Waals surface area contributed by atoms with Crippen LogP contribution in [0.4, 0.5) is 0 Å². The van der Waals surface area contributed by atoms with Gasteiger partial charge >= 0.3 is 0 Å². The topological polar surface area (TPSA) is 23.4 Å². The molecule has 80 valence electrons. The Bertz CT molecular complexity index is 448. The van der Waals surface area contributed by atoms with E-state index in [-0.39, 0.29) is 0 Å². The lowest BCUT2D eigenvalue weighted by molar-refractivity contribution is 0.135. The van der Waals surface area contributed by atoms with Gasteiger partial charge in [-0.2, -0.15) is 0 Å². The SMILES string of the molecule is CCOc1ccc2c(ccn2COC)c1. The van der Waals surface area contributed by atoms with Crippen molar-refractivity contribution < 1.29 is 9.47 Å². The molecule has 0 N–H and O–H groups in total. The summed E-state index contributed by atoms with van der Waals surface area (Å²) in [5.41, 5.74) is 1.17. The van der Waals surface area contributed by atoms with Crippen molar-refractivity contribution in [1.82, 2.24) is 4.57 Å². The number of benzene rings is 1. The first-order valence-corrected chi connectivity index (χ1v) is 5.05. The van der Waals surface area contributed by atoms with E-state index in [9.17, 15) is 0 Å². The summed E-state index contributed by atoms with van der Waals surface area (Å²) in [5, 5.41) is 1.18. The van der Waals surface area contributed by atoms with Crippen LogP contribution in [-0.2, 0) is 11.5 Å². The number of hydrogen-bond donors (Lipinski definition) is 0. The Labute approximate surface area is 89.2 Å². The molecular weight excluding hydrogens is 190 g/mol. The number of fused-ring (bicyclic) bond motifs is 1. The fourth-order valence-electron chi connectivity index (χ4n) is 1.69. The molecule has 0 amide bonds. The predicted octanol–water partition coefficient (Wildman–Crippen LogP) is 2.64. The molecule has 0 aliphatic rings. The molecule has 0 unspecified atom stereocenters. The van der Waals surface area contributed by atoms with Crippen LogP contribution in [0.15, 0.2) is 30.5 Å². The maximum atomic E-state index is 5.44. The molecule has 0 atom stereocenters. The average Bonchev–Trinajstić information content (AvgIpc) is 2.62. The van der Waals surface area contributed by atoms with Gasteiger partial charge in [0.15, 0.2) is 0 Å². The van der Waals surface area contributed by atoms with Gasteiger partial charge in [-0.05, 0) is 31.2 Å². The van der Waals surface area contributed by atoms with Crippen molar-refractivity contribution in [2.45, 2.75) is 13.7 Å². The van der Waals surface area contributed by atoms with Crippen LogP contribution in [0.2, 0.25) is 0 Å². The van der Waals surface area contributed by atoms with E-state index in [0.717, 1.165) is 5.75 Å². The Morgan fingerprint density at radius 1 is 1.27 bits per heavy atom. The first kappa shape index (κ1) is 10.1. The Hall–Kier alpha value is -1.48. The summed E-state index contributed by atoms with van der Waals surface area (Å²) in [6.07, 6.45) is 2.02. The third kappa shape index (κ3) is 1.97. The van der Waals surface area contributed by atoms with E-state index >= 15 is 0 Å². The summed E-state index contributed by atoms with van der Waals surface area (Å²) < 4.78 is 12.6. The molecule has 1 aromatic carbocycles. The maximum Gasteiger partial charge on any atom is 0.122 e. The van der Waals surface area contributed by atoms with Gasteiger partial charge in [0.2, 0.25) is 0 Å². The molecule has 0 bridgehead atoms. The number of rotatable bonds is 4. The molecule has 0 saturated carbocycles. The standard InChI is InChI=1S/C12H15NO2/c1-3-15-11-4-5-12-10(8-11)6-7-13(12)9-14-2/h4-8H,3,9H2,1-2H3. The highest BCUT2D eigenvalue weighted by molar-refractivity contribution is 5.81. The Balaban J connectivity index is 2.38. The average molecular weight is 205 g/mol. The first-order valence-electron chi connectivity index (χ1n) is 5.05. The quantitative estimate of drug-likeness (QED) is 0.766. The van der Waals surface area contributed by atoms with Crippen molar-refractivity contribution in [3.63, 3.8) is 0 Å².